The van der Waals surface area contributed by atoms with E-state index in [1.165, 1.54) is 5.56 Å². The van der Waals surface area contributed by atoms with Gasteiger partial charge in [0.15, 0.2) is 0 Å². The molecule has 0 fully saturated rings. The first-order chi connectivity index (χ1) is 8.25. The molecule has 0 saturated carbocycles. The van der Waals surface area contributed by atoms with E-state index < -0.39 is 0 Å². The number of anilines is 1. The van der Waals surface area contributed by atoms with E-state index in [0.29, 0.717) is 5.15 Å². The van der Waals surface area contributed by atoms with Gasteiger partial charge < -0.3 is 4.90 Å². The molecule has 4 heteroatoms. The van der Waals surface area contributed by atoms with Crippen molar-refractivity contribution in [2.24, 2.45) is 0 Å². The van der Waals surface area contributed by atoms with E-state index in [4.69, 9.17) is 11.6 Å². The minimum atomic E-state index is 0.526. The summed E-state index contributed by atoms with van der Waals surface area (Å²) in [5.74, 6) is 0.895. The SMILES string of the molecule is CN(CCc1ccncc1)c1cccc(Cl)n1. The highest BCUT2D eigenvalue weighted by atomic mass is 35.5. The van der Waals surface area contributed by atoms with Crippen LogP contribution in [0.5, 0.6) is 0 Å². The number of likely N-dealkylation sites (N-methyl/N-ethyl adjacent to an activating group) is 1. The molecule has 0 saturated heterocycles. The van der Waals surface area contributed by atoms with Gasteiger partial charge in [0.1, 0.15) is 11.0 Å². The Morgan fingerprint density at radius 3 is 2.65 bits per heavy atom. The van der Waals surface area contributed by atoms with Crippen molar-refractivity contribution in [1.82, 2.24) is 9.97 Å². The van der Waals surface area contributed by atoms with Crippen molar-refractivity contribution < 1.29 is 0 Å². The summed E-state index contributed by atoms with van der Waals surface area (Å²) >= 11 is 5.86. The van der Waals surface area contributed by atoms with Crippen LogP contribution in [0.3, 0.4) is 0 Å². The summed E-state index contributed by atoms with van der Waals surface area (Å²) in [6, 6.07) is 9.70. The molecule has 0 spiro atoms. The Balaban J connectivity index is 1.96. The molecule has 17 heavy (non-hydrogen) atoms. The van der Waals surface area contributed by atoms with Crippen LogP contribution in [0.4, 0.5) is 5.82 Å². The Labute approximate surface area is 106 Å². The Kier molecular flexibility index (Phi) is 3.94. The summed E-state index contributed by atoms with van der Waals surface area (Å²) < 4.78 is 0. The lowest BCUT2D eigenvalue weighted by molar-refractivity contribution is 0.858. The second-order valence-electron chi connectivity index (χ2n) is 3.85. The zero-order valence-corrected chi connectivity index (χ0v) is 10.4. The summed E-state index contributed by atoms with van der Waals surface area (Å²) in [5.41, 5.74) is 1.27. The normalized spacial score (nSPS) is 10.2. The van der Waals surface area contributed by atoms with E-state index in [2.05, 4.69) is 14.9 Å². The van der Waals surface area contributed by atoms with Crippen molar-refractivity contribution in [1.29, 1.82) is 0 Å². The van der Waals surface area contributed by atoms with Gasteiger partial charge in [0.05, 0.1) is 0 Å². The molecule has 88 valence electrons. The molecule has 0 aliphatic heterocycles. The van der Waals surface area contributed by atoms with Crippen LogP contribution in [0.15, 0.2) is 42.7 Å². The standard InChI is InChI=1S/C13H14ClN3/c1-17(13-4-2-3-12(14)16-13)10-7-11-5-8-15-9-6-11/h2-6,8-9H,7,10H2,1H3. The number of nitrogens with zero attached hydrogens (tertiary/aromatic N) is 3. The van der Waals surface area contributed by atoms with Gasteiger partial charge in [0, 0.05) is 26.0 Å². The highest BCUT2D eigenvalue weighted by Crippen LogP contribution is 2.13. The highest BCUT2D eigenvalue weighted by Gasteiger charge is 2.03. The van der Waals surface area contributed by atoms with Gasteiger partial charge in [-0.3, -0.25) is 4.98 Å². The Morgan fingerprint density at radius 2 is 1.94 bits per heavy atom. The van der Waals surface area contributed by atoms with Crippen LogP contribution in [0.25, 0.3) is 0 Å². The third kappa shape index (κ3) is 3.43. The van der Waals surface area contributed by atoms with E-state index in [-0.39, 0.29) is 0 Å². The quantitative estimate of drug-likeness (QED) is 0.778. The van der Waals surface area contributed by atoms with E-state index in [1.54, 1.807) is 6.07 Å². The number of hydrogen-bond acceptors (Lipinski definition) is 3. The van der Waals surface area contributed by atoms with Gasteiger partial charge in [0.2, 0.25) is 0 Å². The van der Waals surface area contributed by atoms with Crippen molar-refractivity contribution in [3.8, 4) is 0 Å². The second-order valence-corrected chi connectivity index (χ2v) is 4.23. The fraction of sp³-hybridized carbons (Fsp3) is 0.231. The van der Waals surface area contributed by atoms with Gasteiger partial charge in [-0.05, 0) is 36.2 Å². The van der Waals surface area contributed by atoms with Crippen LogP contribution in [0, 0.1) is 0 Å². The largest absolute Gasteiger partial charge is 0.359 e. The fourth-order valence-corrected chi connectivity index (χ4v) is 1.73. The van der Waals surface area contributed by atoms with Gasteiger partial charge in [-0.2, -0.15) is 0 Å². The lowest BCUT2D eigenvalue weighted by atomic mass is 10.2. The molecule has 0 aromatic carbocycles. The van der Waals surface area contributed by atoms with Crippen LogP contribution in [-0.4, -0.2) is 23.6 Å². The van der Waals surface area contributed by atoms with Gasteiger partial charge in [0.25, 0.3) is 0 Å². The molecule has 0 aliphatic carbocycles. The first-order valence-corrected chi connectivity index (χ1v) is 5.86. The fourth-order valence-electron chi connectivity index (χ4n) is 1.57. The Bertz CT molecular complexity index is 473. The molecular weight excluding hydrogens is 234 g/mol. The molecule has 0 bridgehead atoms. The summed E-state index contributed by atoms with van der Waals surface area (Å²) in [4.78, 5) is 10.4. The van der Waals surface area contributed by atoms with E-state index in [0.717, 1.165) is 18.8 Å². The Morgan fingerprint density at radius 1 is 1.18 bits per heavy atom. The first kappa shape index (κ1) is 11.9. The van der Waals surface area contributed by atoms with Crippen LogP contribution < -0.4 is 4.90 Å². The molecule has 2 aromatic rings. The van der Waals surface area contributed by atoms with Gasteiger partial charge in [-0.1, -0.05) is 17.7 Å². The van der Waals surface area contributed by atoms with Crippen molar-refractivity contribution in [3.63, 3.8) is 0 Å². The highest BCUT2D eigenvalue weighted by molar-refractivity contribution is 6.29. The van der Waals surface area contributed by atoms with E-state index in [9.17, 15) is 0 Å². The van der Waals surface area contributed by atoms with E-state index in [1.807, 2.05) is 43.7 Å². The number of pyridine rings is 2. The van der Waals surface area contributed by atoms with Crippen molar-refractivity contribution >= 4 is 17.4 Å². The summed E-state index contributed by atoms with van der Waals surface area (Å²) in [6.45, 7) is 0.900. The molecule has 0 radical (unpaired) electrons. The average Bonchev–Trinajstić information content (AvgIpc) is 2.37. The molecule has 0 aliphatic rings. The topological polar surface area (TPSA) is 29.0 Å². The number of rotatable bonds is 4. The maximum absolute atomic E-state index is 5.86. The monoisotopic (exact) mass is 247 g/mol. The lowest BCUT2D eigenvalue weighted by Crippen LogP contribution is -2.21. The number of halogens is 1. The molecule has 3 nitrogen and oxygen atoms in total. The minimum Gasteiger partial charge on any atom is -0.359 e. The molecule has 0 atom stereocenters. The molecule has 2 aromatic heterocycles. The maximum Gasteiger partial charge on any atom is 0.131 e. The molecule has 2 rings (SSSR count). The third-order valence-corrected chi connectivity index (χ3v) is 2.79. The zero-order chi connectivity index (χ0) is 12.1. The molecule has 0 amide bonds. The second kappa shape index (κ2) is 5.64. The van der Waals surface area contributed by atoms with Gasteiger partial charge in [-0.15, -0.1) is 0 Å². The maximum atomic E-state index is 5.86. The van der Waals surface area contributed by atoms with Crippen molar-refractivity contribution in [2.75, 3.05) is 18.5 Å². The predicted octanol–water partition coefficient (Wildman–Crippen LogP) is 2.81. The van der Waals surface area contributed by atoms with Crippen LogP contribution in [-0.2, 0) is 6.42 Å². The number of hydrogen-bond donors (Lipinski definition) is 0. The van der Waals surface area contributed by atoms with E-state index >= 15 is 0 Å². The molecular formula is C13H14ClN3. The van der Waals surface area contributed by atoms with Crippen LogP contribution >= 0.6 is 11.6 Å². The minimum absolute atomic E-state index is 0.526. The lowest BCUT2D eigenvalue weighted by Gasteiger charge is -2.18. The predicted molar refractivity (Wildman–Crippen MR) is 70.5 cm³/mol. The van der Waals surface area contributed by atoms with Crippen molar-refractivity contribution in [2.45, 2.75) is 6.42 Å². The number of aromatic nitrogens is 2. The van der Waals surface area contributed by atoms with Crippen LogP contribution in [0.2, 0.25) is 5.15 Å². The summed E-state index contributed by atoms with van der Waals surface area (Å²) in [5, 5.41) is 0.526. The Hall–Kier alpha value is -1.61. The molecule has 0 N–H and O–H groups in total. The van der Waals surface area contributed by atoms with Crippen molar-refractivity contribution in [3.05, 3.63) is 53.4 Å². The van der Waals surface area contributed by atoms with Gasteiger partial charge >= 0.3 is 0 Å². The molecule has 2 heterocycles. The van der Waals surface area contributed by atoms with Crippen LogP contribution in [0.1, 0.15) is 5.56 Å². The summed E-state index contributed by atoms with van der Waals surface area (Å²) in [7, 11) is 2.01. The third-order valence-electron chi connectivity index (χ3n) is 2.58. The molecule has 0 unspecified atom stereocenters. The zero-order valence-electron chi connectivity index (χ0n) is 9.68. The first-order valence-electron chi connectivity index (χ1n) is 5.48. The summed E-state index contributed by atoms with van der Waals surface area (Å²) in [6.07, 6.45) is 4.59. The average molecular weight is 248 g/mol. The van der Waals surface area contributed by atoms with Gasteiger partial charge in [-0.25, -0.2) is 4.98 Å². The smallest absolute Gasteiger partial charge is 0.131 e.